The van der Waals surface area contributed by atoms with Crippen LogP contribution in [0.4, 0.5) is 45.5 Å². The normalized spacial score (nSPS) is 14.9. The minimum atomic E-state index is -0.818. The molecule has 1 aliphatic heterocycles. The molecule has 13 rings (SSSR count). The number of rotatable bonds is 11. The summed E-state index contributed by atoms with van der Waals surface area (Å²) in [4.78, 5) is 7.26. The summed E-state index contributed by atoms with van der Waals surface area (Å²) in [5.74, 6) is 0. The Morgan fingerprint density at radius 3 is 1.42 bits per heavy atom. The average Bonchev–Trinajstić information content (AvgIpc) is 3.87. The van der Waals surface area contributed by atoms with Crippen LogP contribution >= 0.6 is 0 Å². The highest BCUT2D eigenvalue weighted by Gasteiger charge is 2.47. The SMILES string of the molecule is C=C(/C=C\C(=C/C)N(c1cccc(C)c1)c1ccc2c(c1)C(C)(C)c1ccccc1-2)C1(c2ccc(N(c3cccc(C)c3)c3ccc4c(c3)C(C)(C)c3ccccc3-4)cc2)c2ccccc2N(c2ccccc2)c2ccccc21. The summed E-state index contributed by atoms with van der Waals surface area (Å²) in [6.07, 6.45) is 6.81. The number of para-hydroxylation sites is 3. The zero-order chi connectivity index (χ0) is 54.2. The van der Waals surface area contributed by atoms with Gasteiger partial charge in [-0.25, -0.2) is 0 Å². The van der Waals surface area contributed by atoms with Crippen molar-refractivity contribution in [1.82, 2.24) is 0 Å². The molecule has 384 valence electrons. The lowest BCUT2D eigenvalue weighted by Gasteiger charge is -2.46. The third kappa shape index (κ3) is 7.85. The Balaban J connectivity index is 0.975. The lowest BCUT2D eigenvalue weighted by Crippen LogP contribution is -2.37. The molecule has 3 nitrogen and oxygen atoms in total. The molecule has 0 spiro atoms. The van der Waals surface area contributed by atoms with Crippen LogP contribution in [0.3, 0.4) is 0 Å². The Hall–Kier alpha value is -9.18. The molecular formula is C76H65N3. The van der Waals surface area contributed by atoms with Crippen molar-refractivity contribution in [3.63, 3.8) is 0 Å². The molecule has 79 heavy (non-hydrogen) atoms. The molecule has 0 saturated carbocycles. The Morgan fingerprint density at radius 2 is 0.848 bits per heavy atom. The highest BCUT2D eigenvalue weighted by atomic mass is 15.2. The summed E-state index contributed by atoms with van der Waals surface area (Å²) in [5, 5.41) is 0. The van der Waals surface area contributed by atoms with Gasteiger partial charge in [0.15, 0.2) is 0 Å². The third-order valence-corrected chi connectivity index (χ3v) is 17.3. The van der Waals surface area contributed by atoms with Crippen LogP contribution in [0.2, 0.25) is 0 Å². The predicted octanol–water partition coefficient (Wildman–Crippen LogP) is 20.4. The highest BCUT2D eigenvalue weighted by Crippen LogP contribution is 2.59. The van der Waals surface area contributed by atoms with Gasteiger partial charge in [0.25, 0.3) is 0 Å². The first-order valence-corrected chi connectivity index (χ1v) is 27.8. The molecule has 0 N–H and O–H groups in total. The van der Waals surface area contributed by atoms with E-state index in [2.05, 4.69) is 318 Å². The predicted molar refractivity (Wildman–Crippen MR) is 334 cm³/mol. The second kappa shape index (κ2) is 19.1. The number of allylic oxidation sites excluding steroid dienone is 4. The summed E-state index contributed by atoms with van der Waals surface area (Å²) in [6, 6.07) is 87.6. The van der Waals surface area contributed by atoms with Crippen LogP contribution in [0.1, 0.15) is 84.7 Å². The van der Waals surface area contributed by atoms with Crippen LogP contribution in [0, 0.1) is 13.8 Å². The summed E-state index contributed by atoms with van der Waals surface area (Å²) in [6.45, 7) is 21.1. The fourth-order valence-electron chi connectivity index (χ4n) is 13.5. The quantitative estimate of drug-likeness (QED) is 0.120. The molecule has 10 aromatic rings. The zero-order valence-corrected chi connectivity index (χ0v) is 46.3. The van der Waals surface area contributed by atoms with E-state index in [-0.39, 0.29) is 10.8 Å². The van der Waals surface area contributed by atoms with Crippen LogP contribution in [0.5, 0.6) is 0 Å². The molecule has 3 heteroatoms. The van der Waals surface area contributed by atoms with Gasteiger partial charge in [0.05, 0.1) is 16.8 Å². The summed E-state index contributed by atoms with van der Waals surface area (Å²) in [5.41, 5.74) is 26.3. The van der Waals surface area contributed by atoms with E-state index in [9.17, 15) is 0 Å². The highest BCUT2D eigenvalue weighted by molar-refractivity contribution is 5.91. The molecule has 0 saturated heterocycles. The first-order chi connectivity index (χ1) is 38.4. The first-order valence-electron chi connectivity index (χ1n) is 27.8. The maximum Gasteiger partial charge on any atom is 0.0736 e. The van der Waals surface area contributed by atoms with Crippen LogP contribution in [0.25, 0.3) is 22.3 Å². The second-order valence-electron chi connectivity index (χ2n) is 22.7. The Bertz CT molecular complexity index is 4050. The Kier molecular flexibility index (Phi) is 11.9. The van der Waals surface area contributed by atoms with Crippen molar-refractivity contribution in [2.45, 2.75) is 64.7 Å². The molecule has 0 bridgehead atoms. The van der Waals surface area contributed by atoms with Crippen molar-refractivity contribution in [2.75, 3.05) is 14.7 Å². The lowest BCUT2D eigenvalue weighted by atomic mass is 9.62. The number of anilines is 8. The van der Waals surface area contributed by atoms with Crippen molar-refractivity contribution in [3.8, 4) is 22.3 Å². The fraction of sp³-hybridized carbons (Fsp3) is 0.132. The van der Waals surface area contributed by atoms with Gasteiger partial charge in [-0.1, -0.05) is 198 Å². The lowest BCUT2D eigenvalue weighted by molar-refractivity contribution is 0.660. The second-order valence-corrected chi connectivity index (χ2v) is 22.7. The molecule has 10 aromatic carbocycles. The minimum absolute atomic E-state index is 0.145. The molecule has 0 amide bonds. The van der Waals surface area contributed by atoms with Gasteiger partial charge in [0.1, 0.15) is 0 Å². The molecule has 0 atom stereocenters. The number of hydrogen-bond acceptors (Lipinski definition) is 3. The van der Waals surface area contributed by atoms with Crippen LogP contribution < -0.4 is 14.7 Å². The van der Waals surface area contributed by atoms with Gasteiger partial charge in [-0.15, -0.1) is 0 Å². The zero-order valence-electron chi connectivity index (χ0n) is 46.3. The maximum atomic E-state index is 5.20. The van der Waals surface area contributed by atoms with E-state index in [1.165, 1.54) is 55.6 Å². The minimum Gasteiger partial charge on any atom is -0.311 e. The maximum absolute atomic E-state index is 5.20. The third-order valence-electron chi connectivity index (χ3n) is 17.3. The van der Waals surface area contributed by atoms with Gasteiger partial charge in [-0.05, 0) is 190 Å². The number of fused-ring (bicyclic) bond motifs is 8. The van der Waals surface area contributed by atoms with Crippen molar-refractivity contribution in [3.05, 3.63) is 323 Å². The van der Waals surface area contributed by atoms with Crippen LogP contribution in [-0.4, -0.2) is 0 Å². The van der Waals surface area contributed by atoms with Crippen molar-refractivity contribution in [2.24, 2.45) is 0 Å². The first kappa shape index (κ1) is 49.4. The van der Waals surface area contributed by atoms with Gasteiger partial charge < -0.3 is 14.7 Å². The summed E-state index contributed by atoms with van der Waals surface area (Å²) < 4.78 is 0. The molecule has 2 aliphatic carbocycles. The molecular weight excluding hydrogens is 955 g/mol. The molecule has 3 aliphatic rings. The van der Waals surface area contributed by atoms with E-state index in [4.69, 9.17) is 6.58 Å². The molecule has 0 aromatic heterocycles. The average molecular weight is 1020 g/mol. The van der Waals surface area contributed by atoms with E-state index in [0.29, 0.717) is 0 Å². The van der Waals surface area contributed by atoms with E-state index in [1.807, 2.05) is 0 Å². The fourth-order valence-corrected chi connectivity index (χ4v) is 13.5. The number of nitrogens with zero attached hydrogens (tertiary/aromatic N) is 3. The molecule has 0 unspecified atom stereocenters. The van der Waals surface area contributed by atoms with Crippen molar-refractivity contribution >= 4 is 45.5 Å². The number of aryl methyl sites for hydroxylation is 2. The van der Waals surface area contributed by atoms with Crippen molar-refractivity contribution < 1.29 is 0 Å². The van der Waals surface area contributed by atoms with Crippen LogP contribution in [-0.2, 0) is 16.2 Å². The largest absolute Gasteiger partial charge is 0.311 e. The van der Waals surface area contributed by atoms with Gasteiger partial charge in [0, 0.05) is 50.7 Å². The monoisotopic (exact) mass is 1020 g/mol. The topological polar surface area (TPSA) is 9.72 Å². The molecule has 0 radical (unpaired) electrons. The molecule has 1 heterocycles. The van der Waals surface area contributed by atoms with Crippen molar-refractivity contribution in [1.29, 1.82) is 0 Å². The van der Waals surface area contributed by atoms with Gasteiger partial charge in [0.2, 0.25) is 0 Å². The van der Waals surface area contributed by atoms with Gasteiger partial charge >= 0.3 is 0 Å². The van der Waals surface area contributed by atoms with Crippen LogP contribution in [0.15, 0.2) is 273 Å². The summed E-state index contributed by atoms with van der Waals surface area (Å²) in [7, 11) is 0. The standard InChI is InChI=1S/C76H65N3/c1-9-55(77(58-27-21-23-51(2)47-58)60-43-45-64-62-29-13-15-31-66(62)74(5,6)70(64)49-60)40-37-53(4)76(68-33-17-19-35-72(68)79(56-25-11-10-12-26-56)73-36-20-18-34-69(73)76)54-38-41-57(42-39-54)78(59-28-22-24-52(3)48-59)61-44-46-65-63-30-14-16-32-67(63)75(7,8)71(65)50-61/h9-50H,4H2,1-3,5-8H3/b40-37-,55-9+. The Morgan fingerprint density at radius 1 is 0.405 bits per heavy atom. The number of hydrogen-bond donors (Lipinski definition) is 0. The van der Waals surface area contributed by atoms with E-state index in [0.717, 1.165) is 73.5 Å². The van der Waals surface area contributed by atoms with Gasteiger partial charge in [-0.3, -0.25) is 0 Å². The smallest absolute Gasteiger partial charge is 0.0736 e. The molecule has 0 fully saturated rings. The van der Waals surface area contributed by atoms with Gasteiger partial charge in [-0.2, -0.15) is 0 Å². The van der Waals surface area contributed by atoms with E-state index >= 15 is 0 Å². The van der Waals surface area contributed by atoms with E-state index in [1.54, 1.807) is 0 Å². The van der Waals surface area contributed by atoms with E-state index < -0.39 is 5.41 Å². The Labute approximate surface area is 467 Å². The summed E-state index contributed by atoms with van der Waals surface area (Å²) >= 11 is 0. The number of benzene rings is 10.